The number of para-hydroxylation sites is 1. The molecule has 2 heterocycles. The molecule has 0 bridgehead atoms. The number of ether oxygens (including phenoxy) is 1. The van der Waals surface area contributed by atoms with Crippen LogP contribution in [0, 0.1) is 11.6 Å². The molecule has 0 fully saturated rings. The van der Waals surface area contributed by atoms with Gasteiger partial charge in [-0.05, 0) is 25.1 Å². The molecule has 0 unspecified atom stereocenters. The Morgan fingerprint density at radius 3 is 2.83 bits per heavy atom. The van der Waals surface area contributed by atoms with Crippen LogP contribution in [0.3, 0.4) is 0 Å². The zero-order valence-corrected chi connectivity index (χ0v) is 16.8. The van der Waals surface area contributed by atoms with Crippen molar-refractivity contribution in [2.45, 2.75) is 19.9 Å². The van der Waals surface area contributed by atoms with Gasteiger partial charge in [-0.1, -0.05) is 18.2 Å². The topological polar surface area (TPSA) is 54.5 Å². The van der Waals surface area contributed by atoms with Crippen molar-refractivity contribution in [2.24, 2.45) is 0 Å². The highest BCUT2D eigenvalue weighted by Gasteiger charge is 2.26. The first-order chi connectivity index (χ1) is 14.6. The second kappa shape index (κ2) is 8.85. The Labute approximate surface area is 173 Å². The van der Waals surface area contributed by atoms with Gasteiger partial charge in [0.05, 0.1) is 17.7 Å². The Kier molecular flexibility index (Phi) is 6.01. The fourth-order valence-corrected chi connectivity index (χ4v) is 3.80. The average Bonchev–Trinajstić information content (AvgIpc) is 2.74. The van der Waals surface area contributed by atoms with Gasteiger partial charge in [-0.3, -0.25) is 14.7 Å². The largest absolute Gasteiger partial charge is 0.380 e. The van der Waals surface area contributed by atoms with Gasteiger partial charge in [0.1, 0.15) is 0 Å². The lowest BCUT2D eigenvalue weighted by Crippen LogP contribution is -2.35. The summed E-state index contributed by atoms with van der Waals surface area (Å²) in [6.07, 6.45) is 0.734. The molecule has 4 rings (SSSR count). The zero-order chi connectivity index (χ0) is 21.1. The minimum atomic E-state index is -1.00. The summed E-state index contributed by atoms with van der Waals surface area (Å²) in [6.45, 7) is 5.45. The van der Waals surface area contributed by atoms with Crippen molar-refractivity contribution in [3.05, 3.63) is 70.9 Å². The van der Waals surface area contributed by atoms with E-state index in [1.165, 1.54) is 6.07 Å². The molecule has 30 heavy (non-hydrogen) atoms. The van der Waals surface area contributed by atoms with Gasteiger partial charge >= 0.3 is 0 Å². The lowest BCUT2D eigenvalue weighted by molar-refractivity contribution is 0.101. The molecule has 0 aliphatic carbocycles. The molecule has 0 saturated heterocycles. The van der Waals surface area contributed by atoms with E-state index in [1.807, 2.05) is 31.2 Å². The first-order valence-corrected chi connectivity index (χ1v) is 10.0. The quantitative estimate of drug-likeness (QED) is 0.619. The summed E-state index contributed by atoms with van der Waals surface area (Å²) in [5, 5.41) is 3.46. The predicted molar refractivity (Wildman–Crippen MR) is 112 cm³/mol. The number of benzene rings is 2. The molecule has 1 aliphatic heterocycles. The number of pyridine rings is 1. The number of fused-ring (bicyclic) bond motifs is 2. The molecule has 1 aliphatic rings. The highest BCUT2D eigenvalue weighted by Crippen LogP contribution is 2.29. The fraction of sp³-hybridized carbons (Fsp3) is 0.304. The number of carbonyl (C=O) groups is 1. The lowest BCUT2D eigenvalue weighted by Gasteiger charge is -2.30. The second-order valence-electron chi connectivity index (χ2n) is 7.24. The molecule has 5 nitrogen and oxygen atoms in total. The summed E-state index contributed by atoms with van der Waals surface area (Å²) in [7, 11) is 0. The van der Waals surface area contributed by atoms with E-state index in [0.717, 1.165) is 53.8 Å². The van der Waals surface area contributed by atoms with Crippen LogP contribution in [-0.4, -0.2) is 42.1 Å². The van der Waals surface area contributed by atoms with E-state index >= 15 is 0 Å². The Morgan fingerprint density at radius 2 is 2.03 bits per heavy atom. The van der Waals surface area contributed by atoms with Crippen LogP contribution in [0.25, 0.3) is 10.9 Å². The molecule has 156 valence electrons. The maximum Gasteiger partial charge on any atom is 0.256 e. The molecule has 2 aromatic carbocycles. The van der Waals surface area contributed by atoms with Gasteiger partial charge in [-0.25, -0.2) is 8.78 Å². The second-order valence-corrected chi connectivity index (χ2v) is 7.24. The number of anilines is 1. The van der Waals surface area contributed by atoms with Crippen molar-refractivity contribution in [3.63, 3.8) is 0 Å². The Bertz CT molecular complexity index is 1090. The Morgan fingerprint density at radius 1 is 1.20 bits per heavy atom. The van der Waals surface area contributed by atoms with Crippen LogP contribution in [0.1, 0.15) is 28.5 Å². The molecule has 0 radical (unpaired) electrons. The van der Waals surface area contributed by atoms with E-state index in [0.29, 0.717) is 25.3 Å². The van der Waals surface area contributed by atoms with Crippen molar-refractivity contribution < 1.29 is 18.3 Å². The summed E-state index contributed by atoms with van der Waals surface area (Å²) < 4.78 is 32.3. The summed E-state index contributed by atoms with van der Waals surface area (Å²) in [5.74, 6) is -2.32. The van der Waals surface area contributed by atoms with Crippen LogP contribution < -0.4 is 5.32 Å². The molecule has 7 heteroatoms. The van der Waals surface area contributed by atoms with Crippen LogP contribution in [0.5, 0.6) is 0 Å². The van der Waals surface area contributed by atoms with E-state index in [4.69, 9.17) is 9.72 Å². The maximum absolute atomic E-state index is 13.6. The van der Waals surface area contributed by atoms with Gasteiger partial charge in [0.2, 0.25) is 0 Å². The minimum Gasteiger partial charge on any atom is -0.380 e. The number of hydrogen-bond donors (Lipinski definition) is 1. The monoisotopic (exact) mass is 411 g/mol. The number of hydrogen-bond acceptors (Lipinski definition) is 4. The van der Waals surface area contributed by atoms with Gasteiger partial charge < -0.3 is 10.1 Å². The van der Waals surface area contributed by atoms with Crippen molar-refractivity contribution in [1.29, 1.82) is 0 Å². The summed E-state index contributed by atoms with van der Waals surface area (Å²) in [4.78, 5) is 20.3. The fourth-order valence-electron chi connectivity index (χ4n) is 3.80. The normalized spacial score (nSPS) is 14.0. The number of carbonyl (C=O) groups excluding carboxylic acids is 1. The Balaban J connectivity index is 1.71. The van der Waals surface area contributed by atoms with Gasteiger partial charge in [-0.15, -0.1) is 0 Å². The standard InChI is InChI=1S/C23H23F2N3O2/c1-2-30-12-11-28-10-9-21-17(14-28)22(16-5-3-4-6-20(16)27-21)23(29)26-15-7-8-18(24)19(25)13-15/h3-8,13H,2,9-12,14H2,1H3,(H,26,29). The molecule has 1 aromatic heterocycles. The van der Waals surface area contributed by atoms with Crippen molar-refractivity contribution in [2.75, 3.05) is 31.6 Å². The van der Waals surface area contributed by atoms with Gasteiger partial charge in [0, 0.05) is 61.1 Å². The third-order valence-corrected chi connectivity index (χ3v) is 5.29. The SMILES string of the molecule is CCOCCN1CCc2nc3ccccc3c(C(=O)Nc3ccc(F)c(F)c3)c2C1. The minimum absolute atomic E-state index is 0.206. The van der Waals surface area contributed by atoms with Crippen molar-refractivity contribution in [3.8, 4) is 0 Å². The highest BCUT2D eigenvalue weighted by atomic mass is 19.2. The van der Waals surface area contributed by atoms with E-state index in [-0.39, 0.29) is 11.6 Å². The van der Waals surface area contributed by atoms with E-state index in [1.54, 1.807) is 0 Å². The molecular formula is C23H23F2N3O2. The smallest absolute Gasteiger partial charge is 0.256 e. The zero-order valence-electron chi connectivity index (χ0n) is 16.8. The van der Waals surface area contributed by atoms with Crippen LogP contribution in [0.4, 0.5) is 14.5 Å². The molecule has 0 atom stereocenters. The van der Waals surface area contributed by atoms with Crippen LogP contribution >= 0.6 is 0 Å². The maximum atomic E-state index is 13.6. The number of aromatic nitrogens is 1. The molecule has 1 N–H and O–H groups in total. The van der Waals surface area contributed by atoms with E-state index in [2.05, 4.69) is 10.2 Å². The summed E-state index contributed by atoms with van der Waals surface area (Å²) in [6, 6.07) is 10.8. The van der Waals surface area contributed by atoms with Crippen molar-refractivity contribution in [1.82, 2.24) is 9.88 Å². The molecule has 0 saturated carbocycles. The van der Waals surface area contributed by atoms with E-state index in [9.17, 15) is 13.6 Å². The third kappa shape index (κ3) is 4.17. The number of nitrogens with one attached hydrogen (secondary N) is 1. The van der Waals surface area contributed by atoms with Gasteiger partial charge in [0.25, 0.3) is 5.91 Å². The molecule has 3 aromatic rings. The predicted octanol–water partition coefficient (Wildman–Crippen LogP) is 4.16. The summed E-state index contributed by atoms with van der Waals surface area (Å²) >= 11 is 0. The number of halogens is 2. The van der Waals surface area contributed by atoms with Crippen molar-refractivity contribution >= 4 is 22.5 Å². The number of rotatable bonds is 6. The lowest BCUT2D eigenvalue weighted by atomic mass is 9.95. The first-order valence-electron chi connectivity index (χ1n) is 10.0. The molecular weight excluding hydrogens is 388 g/mol. The van der Waals surface area contributed by atoms with Crippen LogP contribution in [-0.2, 0) is 17.7 Å². The van der Waals surface area contributed by atoms with Gasteiger partial charge in [-0.2, -0.15) is 0 Å². The highest BCUT2D eigenvalue weighted by molar-refractivity contribution is 6.13. The Hall–Kier alpha value is -2.90. The molecule has 1 amide bonds. The first kappa shape index (κ1) is 20.4. The summed E-state index contributed by atoms with van der Waals surface area (Å²) in [5.41, 5.74) is 3.25. The molecule has 0 spiro atoms. The third-order valence-electron chi connectivity index (χ3n) is 5.29. The van der Waals surface area contributed by atoms with Crippen LogP contribution in [0.15, 0.2) is 42.5 Å². The average molecular weight is 411 g/mol. The van der Waals surface area contributed by atoms with Gasteiger partial charge in [0.15, 0.2) is 11.6 Å². The number of nitrogens with zero attached hydrogens (tertiary/aromatic N) is 2. The van der Waals surface area contributed by atoms with Crippen LogP contribution in [0.2, 0.25) is 0 Å². The van der Waals surface area contributed by atoms with E-state index < -0.39 is 11.6 Å². The number of amides is 1.